The molecule has 0 heterocycles. The van der Waals surface area contributed by atoms with E-state index in [0.717, 1.165) is 11.1 Å². The highest BCUT2D eigenvalue weighted by molar-refractivity contribution is 5.79. The number of ether oxygens (including phenoxy) is 1. The number of aliphatic carboxylic acids is 1. The van der Waals surface area contributed by atoms with Gasteiger partial charge in [0.05, 0.1) is 12.0 Å². The first kappa shape index (κ1) is 17.3. The van der Waals surface area contributed by atoms with Gasteiger partial charge in [-0.25, -0.2) is 4.79 Å². The average Bonchev–Trinajstić information content (AvgIpc) is 3.00. The van der Waals surface area contributed by atoms with E-state index in [4.69, 9.17) is 9.84 Å². The topological polar surface area (TPSA) is 75.6 Å². The Labute approximate surface area is 157 Å². The van der Waals surface area contributed by atoms with E-state index < -0.39 is 18.0 Å². The molecule has 0 spiro atoms. The minimum absolute atomic E-state index is 0.0109. The van der Waals surface area contributed by atoms with Gasteiger partial charge in [0.2, 0.25) is 0 Å². The molecule has 2 aliphatic rings. The monoisotopic (exact) mass is 363 g/mol. The predicted octanol–water partition coefficient (Wildman–Crippen LogP) is 3.94. The molecular weight excluding hydrogens is 342 g/mol. The van der Waals surface area contributed by atoms with Crippen LogP contribution < -0.4 is 5.32 Å². The molecule has 0 bridgehead atoms. The van der Waals surface area contributed by atoms with Crippen LogP contribution in [-0.4, -0.2) is 29.8 Å². The maximum absolute atomic E-state index is 12.3. The zero-order chi connectivity index (χ0) is 18.8. The standard InChI is InChI=1S/C22H21NO4/c24-21(25)14-6-5-7-15(12-14)23-22(26)27-13-20-18-10-3-1-8-16(18)17-9-2-4-11-19(17)20/h1-5,7-11,14-15,20H,6,12-13H2,(H,23,26)(H,24,25)/t14-,15-/m0/s1. The second kappa shape index (κ2) is 7.27. The second-order valence-corrected chi connectivity index (χ2v) is 7.01. The van der Waals surface area contributed by atoms with Gasteiger partial charge in [-0.3, -0.25) is 4.79 Å². The fourth-order valence-electron chi connectivity index (χ4n) is 3.99. The summed E-state index contributed by atoms with van der Waals surface area (Å²) in [4.78, 5) is 23.4. The highest BCUT2D eigenvalue weighted by Crippen LogP contribution is 2.44. The molecule has 138 valence electrons. The first-order chi connectivity index (χ1) is 13.1. The van der Waals surface area contributed by atoms with Crippen LogP contribution in [0, 0.1) is 5.92 Å². The van der Waals surface area contributed by atoms with Crippen molar-refractivity contribution < 1.29 is 19.4 Å². The number of carbonyl (C=O) groups is 2. The summed E-state index contributed by atoms with van der Waals surface area (Å²) in [6.45, 7) is 0.249. The highest BCUT2D eigenvalue weighted by Gasteiger charge is 2.30. The number of hydrogen-bond acceptors (Lipinski definition) is 3. The number of nitrogens with one attached hydrogen (secondary N) is 1. The van der Waals surface area contributed by atoms with Crippen molar-refractivity contribution in [1.29, 1.82) is 0 Å². The lowest BCUT2D eigenvalue weighted by Crippen LogP contribution is -2.38. The Balaban J connectivity index is 1.42. The molecule has 0 saturated carbocycles. The minimum atomic E-state index is -0.835. The Kier molecular flexibility index (Phi) is 4.67. The number of hydrogen-bond donors (Lipinski definition) is 2. The molecule has 5 nitrogen and oxygen atoms in total. The fraction of sp³-hybridized carbons (Fsp3) is 0.273. The van der Waals surface area contributed by atoms with Crippen LogP contribution in [0.2, 0.25) is 0 Å². The molecule has 0 saturated heterocycles. The molecule has 27 heavy (non-hydrogen) atoms. The van der Waals surface area contributed by atoms with Gasteiger partial charge in [-0.05, 0) is 35.1 Å². The van der Waals surface area contributed by atoms with E-state index in [9.17, 15) is 9.59 Å². The Morgan fingerprint density at radius 3 is 2.30 bits per heavy atom. The lowest BCUT2D eigenvalue weighted by Gasteiger charge is -2.23. The van der Waals surface area contributed by atoms with Crippen molar-refractivity contribution in [2.75, 3.05) is 6.61 Å². The van der Waals surface area contributed by atoms with E-state index in [1.54, 1.807) is 6.08 Å². The van der Waals surface area contributed by atoms with Crippen molar-refractivity contribution >= 4 is 12.1 Å². The number of fused-ring (bicyclic) bond motifs is 3. The first-order valence-corrected chi connectivity index (χ1v) is 9.14. The third kappa shape index (κ3) is 3.45. The second-order valence-electron chi connectivity index (χ2n) is 7.01. The van der Waals surface area contributed by atoms with Crippen LogP contribution in [-0.2, 0) is 9.53 Å². The smallest absolute Gasteiger partial charge is 0.407 e. The number of rotatable bonds is 4. The number of carboxylic acids is 1. The molecule has 2 aromatic rings. The number of allylic oxidation sites excluding steroid dienone is 1. The van der Waals surface area contributed by atoms with E-state index in [-0.39, 0.29) is 18.6 Å². The molecule has 0 fully saturated rings. The van der Waals surface area contributed by atoms with Crippen LogP contribution in [0.1, 0.15) is 29.9 Å². The lowest BCUT2D eigenvalue weighted by molar-refractivity contribution is -0.142. The summed E-state index contributed by atoms with van der Waals surface area (Å²) in [5.74, 6) is -1.29. The van der Waals surface area contributed by atoms with Crippen LogP contribution in [0.4, 0.5) is 4.79 Å². The summed E-state index contributed by atoms with van der Waals surface area (Å²) in [6, 6.07) is 16.0. The maximum Gasteiger partial charge on any atom is 0.407 e. The summed E-state index contributed by atoms with van der Waals surface area (Å²) in [5.41, 5.74) is 4.69. The molecule has 0 unspecified atom stereocenters. The molecule has 5 heteroatoms. The highest BCUT2D eigenvalue weighted by atomic mass is 16.5. The molecule has 2 aliphatic carbocycles. The summed E-state index contributed by atoms with van der Waals surface area (Å²) in [5, 5.41) is 11.9. The van der Waals surface area contributed by atoms with Gasteiger partial charge in [0, 0.05) is 5.92 Å². The first-order valence-electron chi connectivity index (χ1n) is 9.14. The van der Waals surface area contributed by atoms with Crippen molar-refractivity contribution in [1.82, 2.24) is 5.32 Å². The van der Waals surface area contributed by atoms with Gasteiger partial charge in [-0.2, -0.15) is 0 Å². The third-order valence-corrected chi connectivity index (χ3v) is 5.32. The molecule has 2 aromatic carbocycles. The van der Waals surface area contributed by atoms with E-state index in [2.05, 4.69) is 29.6 Å². The molecule has 4 rings (SSSR count). The molecule has 0 aliphatic heterocycles. The molecule has 0 radical (unpaired) electrons. The Bertz CT molecular complexity index is 859. The molecule has 1 amide bonds. The zero-order valence-corrected chi connectivity index (χ0v) is 14.8. The van der Waals surface area contributed by atoms with Crippen molar-refractivity contribution in [3.8, 4) is 11.1 Å². The largest absolute Gasteiger partial charge is 0.481 e. The van der Waals surface area contributed by atoms with Crippen molar-refractivity contribution in [3.63, 3.8) is 0 Å². The Morgan fingerprint density at radius 2 is 1.67 bits per heavy atom. The van der Waals surface area contributed by atoms with Crippen LogP contribution in [0.25, 0.3) is 11.1 Å². The Hall–Kier alpha value is -3.08. The fourth-order valence-corrected chi connectivity index (χ4v) is 3.99. The summed E-state index contributed by atoms with van der Waals surface area (Å²) < 4.78 is 5.51. The number of amides is 1. The minimum Gasteiger partial charge on any atom is -0.481 e. The van der Waals surface area contributed by atoms with Crippen molar-refractivity contribution in [2.45, 2.75) is 24.8 Å². The number of carboxylic acid groups (broad SMARTS) is 1. The van der Waals surface area contributed by atoms with Crippen molar-refractivity contribution in [3.05, 3.63) is 71.8 Å². The maximum atomic E-state index is 12.3. The summed E-state index contributed by atoms with van der Waals surface area (Å²) in [7, 11) is 0. The molecule has 2 atom stereocenters. The van der Waals surface area contributed by atoms with E-state index >= 15 is 0 Å². The number of carbonyl (C=O) groups excluding carboxylic acids is 1. The molecule has 0 aromatic heterocycles. The van der Waals surface area contributed by atoms with Gasteiger partial charge in [0.15, 0.2) is 0 Å². The van der Waals surface area contributed by atoms with Gasteiger partial charge in [-0.1, -0.05) is 60.7 Å². The lowest BCUT2D eigenvalue weighted by atomic mass is 9.91. The van der Waals surface area contributed by atoms with Gasteiger partial charge in [-0.15, -0.1) is 0 Å². The quantitative estimate of drug-likeness (QED) is 0.807. The van der Waals surface area contributed by atoms with Gasteiger partial charge < -0.3 is 15.2 Å². The van der Waals surface area contributed by atoms with E-state index in [1.807, 2.05) is 30.3 Å². The van der Waals surface area contributed by atoms with E-state index in [1.165, 1.54) is 11.1 Å². The normalized spacial score (nSPS) is 20.6. The van der Waals surface area contributed by atoms with Crippen LogP contribution in [0.15, 0.2) is 60.7 Å². The molecule has 2 N–H and O–H groups in total. The van der Waals surface area contributed by atoms with Crippen molar-refractivity contribution in [2.24, 2.45) is 5.92 Å². The number of alkyl carbamates (subject to hydrolysis) is 1. The number of benzene rings is 2. The predicted molar refractivity (Wildman–Crippen MR) is 101 cm³/mol. The third-order valence-electron chi connectivity index (χ3n) is 5.32. The van der Waals surface area contributed by atoms with Crippen LogP contribution in [0.3, 0.4) is 0 Å². The van der Waals surface area contributed by atoms with Gasteiger partial charge in [0.1, 0.15) is 6.61 Å². The molecular formula is C22H21NO4. The van der Waals surface area contributed by atoms with Crippen LogP contribution in [0.5, 0.6) is 0 Å². The van der Waals surface area contributed by atoms with E-state index in [0.29, 0.717) is 12.8 Å². The van der Waals surface area contributed by atoms with Gasteiger partial charge >= 0.3 is 12.1 Å². The SMILES string of the molecule is O=C(N[C@H]1C=CC[C@H](C(=O)O)C1)OCC1c2ccccc2-c2ccccc21. The summed E-state index contributed by atoms with van der Waals surface area (Å²) >= 11 is 0. The van der Waals surface area contributed by atoms with Gasteiger partial charge in [0.25, 0.3) is 0 Å². The average molecular weight is 363 g/mol. The van der Waals surface area contributed by atoms with Crippen LogP contribution >= 0.6 is 0 Å². The zero-order valence-electron chi connectivity index (χ0n) is 14.8. The Morgan fingerprint density at radius 1 is 1.04 bits per heavy atom. The summed E-state index contributed by atoms with van der Waals surface area (Å²) in [6.07, 6.45) is 4.00.